The lowest BCUT2D eigenvalue weighted by atomic mass is 10.1. The first-order valence-corrected chi connectivity index (χ1v) is 5.89. The SMILES string of the molecule is CCN1CCC(C(=O)OCC2CNC2)C1. The van der Waals surface area contributed by atoms with E-state index in [4.69, 9.17) is 4.74 Å². The number of carbonyl (C=O) groups is 1. The average molecular weight is 212 g/mol. The smallest absolute Gasteiger partial charge is 0.310 e. The van der Waals surface area contributed by atoms with Crippen molar-refractivity contribution in [1.29, 1.82) is 0 Å². The normalized spacial score (nSPS) is 27.7. The number of hydrogen-bond acceptors (Lipinski definition) is 4. The van der Waals surface area contributed by atoms with Crippen LogP contribution in [0.15, 0.2) is 0 Å². The zero-order valence-corrected chi connectivity index (χ0v) is 9.37. The zero-order chi connectivity index (χ0) is 10.7. The summed E-state index contributed by atoms with van der Waals surface area (Å²) in [6, 6.07) is 0. The molecule has 1 atom stereocenters. The van der Waals surface area contributed by atoms with Crippen molar-refractivity contribution in [3.8, 4) is 0 Å². The Bertz CT molecular complexity index is 229. The Balaban J connectivity index is 1.66. The predicted octanol–water partition coefficient (Wildman–Crippen LogP) is 0.0908. The van der Waals surface area contributed by atoms with Crippen LogP contribution in [0.5, 0.6) is 0 Å². The van der Waals surface area contributed by atoms with Gasteiger partial charge in [-0.3, -0.25) is 4.79 Å². The van der Waals surface area contributed by atoms with E-state index in [1.807, 2.05) is 0 Å². The van der Waals surface area contributed by atoms with Gasteiger partial charge >= 0.3 is 5.97 Å². The van der Waals surface area contributed by atoms with Gasteiger partial charge in [-0.25, -0.2) is 0 Å². The Morgan fingerprint density at radius 3 is 2.87 bits per heavy atom. The summed E-state index contributed by atoms with van der Waals surface area (Å²) in [5.74, 6) is 0.688. The number of nitrogens with zero attached hydrogens (tertiary/aromatic N) is 1. The lowest BCUT2D eigenvalue weighted by Crippen LogP contribution is -2.45. The molecule has 2 heterocycles. The van der Waals surface area contributed by atoms with Crippen LogP contribution in [-0.2, 0) is 9.53 Å². The maximum atomic E-state index is 11.7. The number of hydrogen-bond donors (Lipinski definition) is 1. The van der Waals surface area contributed by atoms with Crippen LogP contribution >= 0.6 is 0 Å². The molecule has 0 aromatic carbocycles. The topological polar surface area (TPSA) is 41.6 Å². The fourth-order valence-corrected chi connectivity index (χ4v) is 2.10. The molecule has 2 aliphatic rings. The number of carbonyl (C=O) groups excluding carboxylic acids is 1. The molecule has 1 N–H and O–H groups in total. The second kappa shape index (κ2) is 4.94. The van der Waals surface area contributed by atoms with E-state index in [-0.39, 0.29) is 11.9 Å². The maximum absolute atomic E-state index is 11.7. The number of likely N-dealkylation sites (tertiary alicyclic amines) is 1. The van der Waals surface area contributed by atoms with Gasteiger partial charge < -0.3 is 15.0 Å². The van der Waals surface area contributed by atoms with Gasteiger partial charge in [-0.15, -0.1) is 0 Å². The van der Waals surface area contributed by atoms with Crippen LogP contribution in [0.2, 0.25) is 0 Å². The predicted molar refractivity (Wildman–Crippen MR) is 57.5 cm³/mol. The molecule has 86 valence electrons. The van der Waals surface area contributed by atoms with Crippen LogP contribution in [0.1, 0.15) is 13.3 Å². The molecule has 0 radical (unpaired) electrons. The largest absolute Gasteiger partial charge is 0.465 e. The maximum Gasteiger partial charge on any atom is 0.310 e. The lowest BCUT2D eigenvalue weighted by Gasteiger charge is -2.26. The highest BCUT2D eigenvalue weighted by atomic mass is 16.5. The van der Waals surface area contributed by atoms with Crippen molar-refractivity contribution in [3.05, 3.63) is 0 Å². The van der Waals surface area contributed by atoms with E-state index < -0.39 is 0 Å². The van der Waals surface area contributed by atoms with Crippen molar-refractivity contribution >= 4 is 5.97 Å². The van der Waals surface area contributed by atoms with E-state index in [0.29, 0.717) is 12.5 Å². The minimum absolute atomic E-state index is 0.0119. The van der Waals surface area contributed by atoms with E-state index in [1.54, 1.807) is 0 Å². The summed E-state index contributed by atoms with van der Waals surface area (Å²) in [4.78, 5) is 14.0. The van der Waals surface area contributed by atoms with Crippen LogP contribution in [0.4, 0.5) is 0 Å². The highest BCUT2D eigenvalue weighted by Crippen LogP contribution is 2.17. The number of rotatable bonds is 4. The summed E-state index contributed by atoms with van der Waals surface area (Å²) in [7, 11) is 0. The molecule has 0 saturated carbocycles. The van der Waals surface area contributed by atoms with E-state index in [9.17, 15) is 4.79 Å². The van der Waals surface area contributed by atoms with Gasteiger partial charge in [0.15, 0.2) is 0 Å². The molecule has 0 aromatic rings. The van der Waals surface area contributed by atoms with E-state index in [0.717, 1.165) is 39.1 Å². The van der Waals surface area contributed by atoms with Gasteiger partial charge in [-0.2, -0.15) is 0 Å². The molecule has 0 aromatic heterocycles. The van der Waals surface area contributed by atoms with Gasteiger partial charge in [0.25, 0.3) is 0 Å². The zero-order valence-electron chi connectivity index (χ0n) is 9.37. The molecule has 4 heteroatoms. The van der Waals surface area contributed by atoms with Gasteiger partial charge in [0.05, 0.1) is 12.5 Å². The summed E-state index contributed by atoms with van der Waals surface area (Å²) >= 11 is 0. The Labute approximate surface area is 91.0 Å². The van der Waals surface area contributed by atoms with Crippen LogP contribution in [0.25, 0.3) is 0 Å². The molecule has 4 nitrogen and oxygen atoms in total. The molecule has 2 fully saturated rings. The van der Waals surface area contributed by atoms with Crippen molar-refractivity contribution in [2.24, 2.45) is 11.8 Å². The minimum atomic E-state index is 0.0119. The van der Waals surface area contributed by atoms with Crippen molar-refractivity contribution < 1.29 is 9.53 Å². The molecule has 2 rings (SSSR count). The van der Waals surface area contributed by atoms with E-state index in [2.05, 4.69) is 17.1 Å². The lowest BCUT2D eigenvalue weighted by molar-refractivity contribution is -0.149. The highest BCUT2D eigenvalue weighted by molar-refractivity contribution is 5.73. The molecule has 1 unspecified atom stereocenters. The second-order valence-electron chi connectivity index (χ2n) is 4.53. The molecule has 2 saturated heterocycles. The molecule has 15 heavy (non-hydrogen) atoms. The van der Waals surface area contributed by atoms with Crippen molar-refractivity contribution in [3.63, 3.8) is 0 Å². The van der Waals surface area contributed by atoms with Crippen molar-refractivity contribution in [2.75, 3.05) is 39.3 Å². The van der Waals surface area contributed by atoms with Gasteiger partial charge in [-0.1, -0.05) is 6.92 Å². The number of esters is 1. The van der Waals surface area contributed by atoms with Gasteiger partial charge in [0.2, 0.25) is 0 Å². The first kappa shape index (κ1) is 10.9. The Morgan fingerprint density at radius 1 is 1.53 bits per heavy atom. The minimum Gasteiger partial charge on any atom is -0.465 e. The van der Waals surface area contributed by atoms with Crippen LogP contribution in [0, 0.1) is 11.8 Å². The molecule has 0 bridgehead atoms. The second-order valence-corrected chi connectivity index (χ2v) is 4.53. The van der Waals surface area contributed by atoms with E-state index >= 15 is 0 Å². The molecule has 0 amide bonds. The third-order valence-corrected chi connectivity index (χ3v) is 3.38. The summed E-state index contributed by atoms with van der Waals surface area (Å²) < 4.78 is 5.32. The van der Waals surface area contributed by atoms with Gasteiger partial charge in [-0.05, 0) is 19.5 Å². The molecular formula is C11H20N2O2. The van der Waals surface area contributed by atoms with Gasteiger partial charge in [0.1, 0.15) is 0 Å². The van der Waals surface area contributed by atoms with Crippen LogP contribution in [0.3, 0.4) is 0 Å². The quantitative estimate of drug-likeness (QED) is 0.671. The molecule has 0 aliphatic carbocycles. The Hall–Kier alpha value is -0.610. The molecular weight excluding hydrogens is 192 g/mol. The van der Waals surface area contributed by atoms with Crippen LogP contribution < -0.4 is 5.32 Å². The standard InChI is InChI=1S/C11H20N2O2/c1-2-13-4-3-10(7-13)11(14)15-8-9-5-12-6-9/h9-10,12H,2-8H2,1H3. The van der Waals surface area contributed by atoms with Crippen molar-refractivity contribution in [1.82, 2.24) is 10.2 Å². The third kappa shape index (κ3) is 2.69. The first-order chi connectivity index (χ1) is 7.29. The third-order valence-electron chi connectivity index (χ3n) is 3.38. The fourth-order valence-electron chi connectivity index (χ4n) is 2.10. The summed E-state index contributed by atoms with van der Waals surface area (Å²) in [5, 5.41) is 3.17. The fraction of sp³-hybridized carbons (Fsp3) is 0.909. The summed E-state index contributed by atoms with van der Waals surface area (Å²) in [5.41, 5.74) is 0. The Kier molecular flexibility index (Phi) is 3.59. The monoisotopic (exact) mass is 212 g/mol. The number of ether oxygens (including phenoxy) is 1. The van der Waals surface area contributed by atoms with Crippen LogP contribution in [-0.4, -0.2) is 50.2 Å². The van der Waals surface area contributed by atoms with Gasteiger partial charge in [0, 0.05) is 25.6 Å². The average Bonchev–Trinajstić information content (AvgIpc) is 2.63. The summed E-state index contributed by atoms with van der Waals surface area (Å²) in [6.45, 7) is 7.70. The van der Waals surface area contributed by atoms with Crippen molar-refractivity contribution in [2.45, 2.75) is 13.3 Å². The highest BCUT2D eigenvalue weighted by Gasteiger charge is 2.29. The Morgan fingerprint density at radius 2 is 2.33 bits per heavy atom. The summed E-state index contributed by atoms with van der Waals surface area (Å²) in [6.07, 6.45) is 0.968. The molecule has 2 aliphatic heterocycles. The molecule has 0 spiro atoms. The number of nitrogens with one attached hydrogen (secondary N) is 1. The first-order valence-electron chi connectivity index (χ1n) is 5.89. The van der Waals surface area contributed by atoms with E-state index in [1.165, 1.54) is 0 Å².